The molecule has 0 saturated heterocycles. The zero-order valence-corrected chi connectivity index (χ0v) is 16.6. The first-order chi connectivity index (χ1) is 14.4. The van der Waals surface area contributed by atoms with Gasteiger partial charge in [0.2, 0.25) is 0 Å². The van der Waals surface area contributed by atoms with Gasteiger partial charge in [0, 0.05) is 36.0 Å². The average Bonchev–Trinajstić information content (AvgIpc) is 2.75. The van der Waals surface area contributed by atoms with E-state index in [1.807, 2.05) is 0 Å². The molecule has 0 bridgehead atoms. The highest BCUT2D eigenvalue weighted by atomic mass is 19.1. The maximum Gasteiger partial charge on any atom is 0.254 e. The highest BCUT2D eigenvalue weighted by Crippen LogP contribution is 2.15. The Morgan fingerprint density at radius 1 is 1.03 bits per heavy atom. The molecule has 0 aliphatic rings. The molecule has 6 nitrogen and oxygen atoms in total. The van der Waals surface area contributed by atoms with Crippen LogP contribution in [-0.4, -0.2) is 29.9 Å². The first-order valence-corrected chi connectivity index (χ1v) is 9.33. The van der Waals surface area contributed by atoms with Gasteiger partial charge in [-0.1, -0.05) is 18.2 Å². The molecule has 0 atom stereocenters. The highest BCUT2D eigenvalue weighted by Gasteiger charge is 2.18. The molecule has 1 aromatic heterocycles. The third-order valence-electron chi connectivity index (χ3n) is 4.69. The van der Waals surface area contributed by atoms with E-state index >= 15 is 0 Å². The third-order valence-corrected chi connectivity index (χ3v) is 4.69. The molecule has 1 N–H and O–H groups in total. The van der Waals surface area contributed by atoms with Crippen LogP contribution in [0.15, 0.2) is 65.5 Å². The van der Waals surface area contributed by atoms with E-state index < -0.39 is 11.7 Å². The number of carbonyl (C=O) groups is 2. The van der Waals surface area contributed by atoms with Crippen LogP contribution in [0.4, 0.5) is 4.39 Å². The number of pyridine rings is 1. The number of benzene rings is 2. The molecule has 3 aromatic rings. The van der Waals surface area contributed by atoms with Gasteiger partial charge in [-0.15, -0.1) is 0 Å². The summed E-state index contributed by atoms with van der Waals surface area (Å²) in [6, 6.07) is 14.7. The monoisotopic (exact) mass is 408 g/mol. The van der Waals surface area contributed by atoms with Crippen LogP contribution >= 0.6 is 0 Å². The summed E-state index contributed by atoms with van der Waals surface area (Å²) in [7, 11) is 1.49. The summed E-state index contributed by atoms with van der Waals surface area (Å²) >= 11 is 0. The van der Waals surface area contributed by atoms with Gasteiger partial charge in [0.1, 0.15) is 11.6 Å². The molecule has 154 valence electrons. The van der Waals surface area contributed by atoms with Crippen molar-refractivity contribution in [3.8, 4) is 5.75 Å². The molecule has 0 aliphatic carbocycles. The number of carbonyl (C=O) groups excluding carboxylic acids is 2. The number of hydrogen-bond donors (Lipinski definition) is 1. The molecule has 30 heavy (non-hydrogen) atoms. The number of halogens is 1. The Morgan fingerprint density at radius 3 is 2.33 bits per heavy atom. The Labute approximate surface area is 172 Å². The molecule has 0 aliphatic heterocycles. The Balaban J connectivity index is 1.73. The number of nitrogens with zero attached hydrogens (tertiary/aromatic N) is 1. The van der Waals surface area contributed by atoms with E-state index in [-0.39, 0.29) is 41.1 Å². The van der Waals surface area contributed by atoms with Crippen LogP contribution in [-0.2, 0) is 6.54 Å². The van der Waals surface area contributed by atoms with Crippen molar-refractivity contribution in [2.75, 3.05) is 13.7 Å². The van der Waals surface area contributed by atoms with Crippen LogP contribution in [0, 0.1) is 12.7 Å². The normalized spacial score (nSPS) is 10.5. The molecule has 7 heteroatoms. The minimum Gasteiger partial charge on any atom is -0.496 e. The van der Waals surface area contributed by atoms with Crippen LogP contribution in [0.5, 0.6) is 5.75 Å². The lowest BCUT2D eigenvalue weighted by Gasteiger charge is -2.13. The van der Waals surface area contributed by atoms with Crippen molar-refractivity contribution in [2.45, 2.75) is 13.5 Å². The standard InChI is InChI=1S/C23H21FN2O4/c1-15-13-18(30-2)14-21(27)26(15)12-11-25-23(29)20-6-4-3-5-19(20)22(28)16-7-9-17(24)10-8-16/h3-10,13-14H,11-12H2,1-2H3,(H,25,29). The lowest BCUT2D eigenvalue weighted by atomic mass is 9.98. The van der Waals surface area contributed by atoms with Gasteiger partial charge in [-0.05, 0) is 43.3 Å². The molecular weight excluding hydrogens is 387 g/mol. The van der Waals surface area contributed by atoms with Crippen molar-refractivity contribution in [3.05, 3.63) is 99.2 Å². The zero-order valence-electron chi connectivity index (χ0n) is 16.6. The Hall–Kier alpha value is -3.74. The van der Waals surface area contributed by atoms with Crippen molar-refractivity contribution in [3.63, 3.8) is 0 Å². The Bertz CT molecular complexity index is 1140. The van der Waals surface area contributed by atoms with E-state index in [0.717, 1.165) is 0 Å². The van der Waals surface area contributed by atoms with Crippen molar-refractivity contribution < 1.29 is 18.7 Å². The van der Waals surface area contributed by atoms with Gasteiger partial charge in [0.25, 0.3) is 11.5 Å². The number of aromatic nitrogens is 1. The van der Waals surface area contributed by atoms with E-state index in [2.05, 4.69) is 5.32 Å². The van der Waals surface area contributed by atoms with E-state index in [9.17, 15) is 18.8 Å². The highest BCUT2D eigenvalue weighted by molar-refractivity contribution is 6.15. The second-order valence-corrected chi connectivity index (χ2v) is 6.66. The summed E-state index contributed by atoms with van der Waals surface area (Å²) in [5.74, 6) is -0.768. The van der Waals surface area contributed by atoms with Gasteiger partial charge >= 0.3 is 0 Å². The molecule has 0 radical (unpaired) electrons. The molecule has 0 fully saturated rings. The van der Waals surface area contributed by atoms with E-state index in [1.54, 1.807) is 37.3 Å². The number of aryl methyl sites for hydroxylation is 1. The van der Waals surface area contributed by atoms with Crippen LogP contribution in [0.3, 0.4) is 0 Å². The molecule has 0 saturated carbocycles. The van der Waals surface area contributed by atoms with Gasteiger partial charge in [0.05, 0.1) is 12.7 Å². The largest absolute Gasteiger partial charge is 0.496 e. The molecular formula is C23H21FN2O4. The van der Waals surface area contributed by atoms with Crippen molar-refractivity contribution in [2.24, 2.45) is 0 Å². The number of ketones is 1. The Kier molecular flexibility index (Phi) is 6.41. The molecule has 3 rings (SSSR count). The van der Waals surface area contributed by atoms with Crippen LogP contribution < -0.4 is 15.6 Å². The quantitative estimate of drug-likeness (QED) is 0.610. The summed E-state index contributed by atoms with van der Waals surface area (Å²) in [5.41, 5.74) is 1.20. The summed E-state index contributed by atoms with van der Waals surface area (Å²) in [6.07, 6.45) is 0. The zero-order chi connectivity index (χ0) is 21.7. The lowest BCUT2D eigenvalue weighted by Crippen LogP contribution is -2.32. The van der Waals surface area contributed by atoms with Gasteiger partial charge in [-0.2, -0.15) is 0 Å². The summed E-state index contributed by atoms with van der Waals surface area (Å²) in [5, 5.41) is 2.74. The van der Waals surface area contributed by atoms with Crippen molar-refractivity contribution in [1.29, 1.82) is 0 Å². The second-order valence-electron chi connectivity index (χ2n) is 6.66. The number of methoxy groups -OCH3 is 1. The van der Waals surface area contributed by atoms with Gasteiger partial charge in [0.15, 0.2) is 5.78 Å². The second kappa shape index (κ2) is 9.17. The summed E-state index contributed by atoms with van der Waals surface area (Å²) < 4.78 is 19.7. The molecule has 1 heterocycles. The van der Waals surface area contributed by atoms with Crippen molar-refractivity contribution >= 4 is 11.7 Å². The minimum absolute atomic E-state index is 0.199. The number of nitrogens with one attached hydrogen (secondary N) is 1. The summed E-state index contributed by atoms with van der Waals surface area (Å²) in [4.78, 5) is 37.6. The molecule has 0 spiro atoms. The average molecular weight is 408 g/mol. The number of ether oxygens (including phenoxy) is 1. The van der Waals surface area contributed by atoms with Crippen LogP contribution in [0.25, 0.3) is 0 Å². The summed E-state index contributed by atoms with van der Waals surface area (Å²) in [6.45, 7) is 2.25. The van der Waals surface area contributed by atoms with E-state index in [1.165, 1.54) is 42.0 Å². The van der Waals surface area contributed by atoms with Gasteiger partial charge in [-0.3, -0.25) is 14.4 Å². The van der Waals surface area contributed by atoms with Gasteiger partial charge < -0.3 is 14.6 Å². The fourth-order valence-corrected chi connectivity index (χ4v) is 3.12. The molecule has 2 aromatic carbocycles. The third kappa shape index (κ3) is 4.63. The Morgan fingerprint density at radius 2 is 1.70 bits per heavy atom. The van der Waals surface area contributed by atoms with Crippen LogP contribution in [0.2, 0.25) is 0 Å². The maximum atomic E-state index is 13.1. The number of amides is 1. The van der Waals surface area contributed by atoms with Crippen molar-refractivity contribution in [1.82, 2.24) is 9.88 Å². The fourth-order valence-electron chi connectivity index (χ4n) is 3.12. The smallest absolute Gasteiger partial charge is 0.254 e. The maximum absolute atomic E-state index is 13.1. The predicted octanol–water partition coefficient (Wildman–Crippen LogP) is 2.97. The first kappa shape index (κ1) is 21.0. The first-order valence-electron chi connectivity index (χ1n) is 9.33. The molecule has 0 unspecified atom stereocenters. The van der Waals surface area contributed by atoms with Crippen LogP contribution in [0.1, 0.15) is 32.0 Å². The predicted molar refractivity (Wildman–Crippen MR) is 111 cm³/mol. The van der Waals surface area contributed by atoms with E-state index in [0.29, 0.717) is 11.4 Å². The number of hydrogen-bond acceptors (Lipinski definition) is 4. The lowest BCUT2D eigenvalue weighted by molar-refractivity contribution is 0.0940. The minimum atomic E-state index is -0.443. The topological polar surface area (TPSA) is 77.4 Å². The fraction of sp³-hybridized carbons (Fsp3) is 0.174. The SMILES string of the molecule is COc1cc(C)n(CCNC(=O)c2ccccc2C(=O)c2ccc(F)cc2)c(=O)c1. The molecule has 1 amide bonds. The van der Waals surface area contributed by atoms with Gasteiger partial charge in [-0.25, -0.2) is 4.39 Å². The van der Waals surface area contributed by atoms with E-state index in [4.69, 9.17) is 4.74 Å². The number of rotatable bonds is 7.